The maximum Gasteiger partial charge on any atom is 0.236 e. The summed E-state index contributed by atoms with van der Waals surface area (Å²) in [7, 11) is 0. The lowest BCUT2D eigenvalue weighted by atomic mass is 10.0. The molecule has 2 atom stereocenters. The van der Waals surface area contributed by atoms with Gasteiger partial charge < -0.3 is 4.90 Å². The molecule has 0 spiro atoms. The Bertz CT molecular complexity index is 376. The van der Waals surface area contributed by atoms with Crippen molar-refractivity contribution in [2.45, 2.75) is 37.4 Å². The van der Waals surface area contributed by atoms with Gasteiger partial charge in [-0.2, -0.15) is 5.26 Å². The Labute approximate surface area is 121 Å². The number of hydrogen-bond acceptors (Lipinski definition) is 4. The molecule has 0 aromatic carbocycles. The number of likely N-dealkylation sites (tertiary alicyclic amines) is 1. The monoisotopic (exact) mass is 360 g/mol. The molecule has 1 amide bonds. The Morgan fingerprint density at radius 2 is 1.78 bits per heavy atom. The number of piperazine rings is 1. The van der Waals surface area contributed by atoms with Crippen molar-refractivity contribution in [2.24, 2.45) is 0 Å². The molecule has 0 aromatic rings. The van der Waals surface area contributed by atoms with E-state index >= 15 is 0 Å². The molecule has 0 aromatic heterocycles. The maximum atomic E-state index is 11.6. The van der Waals surface area contributed by atoms with Crippen molar-refractivity contribution >= 4 is 28.8 Å². The summed E-state index contributed by atoms with van der Waals surface area (Å²) in [6.45, 7) is 3.96. The van der Waals surface area contributed by atoms with Crippen LogP contribution in [0.5, 0.6) is 0 Å². The first-order chi connectivity index (χ1) is 8.69. The molecule has 3 rings (SSSR count). The van der Waals surface area contributed by atoms with Crippen molar-refractivity contribution in [3.8, 4) is 6.07 Å². The summed E-state index contributed by atoms with van der Waals surface area (Å²) in [6.07, 6.45) is 2.63. The maximum absolute atomic E-state index is 11.6. The molecule has 2 bridgehead atoms. The van der Waals surface area contributed by atoms with E-state index in [9.17, 15) is 4.79 Å². The van der Waals surface area contributed by atoms with E-state index in [1.165, 1.54) is 12.8 Å². The zero-order chi connectivity index (χ0) is 12.7. The van der Waals surface area contributed by atoms with Crippen LogP contribution in [0.25, 0.3) is 0 Å². The molecule has 3 fully saturated rings. The first-order valence-corrected chi connectivity index (χ1v) is 7.48. The number of fused-ring (bicyclic) bond motifs is 2. The smallest absolute Gasteiger partial charge is 0.236 e. The highest BCUT2D eigenvalue weighted by atomic mass is 127. The molecule has 3 aliphatic heterocycles. The second-order valence-electron chi connectivity index (χ2n) is 5.45. The molecule has 0 radical (unpaired) electrons. The van der Waals surface area contributed by atoms with Gasteiger partial charge in [0.15, 0.2) is 0 Å². The van der Waals surface area contributed by atoms with Gasteiger partial charge in [-0.15, -0.1) is 0 Å². The Kier molecular flexibility index (Phi) is 3.47. The zero-order valence-corrected chi connectivity index (χ0v) is 12.4. The van der Waals surface area contributed by atoms with Gasteiger partial charge in [0.2, 0.25) is 5.91 Å². The lowest BCUT2D eigenvalue weighted by molar-refractivity contribution is -0.139. The van der Waals surface area contributed by atoms with Crippen LogP contribution in [0.15, 0.2) is 0 Å². The van der Waals surface area contributed by atoms with E-state index < -0.39 is 0 Å². The van der Waals surface area contributed by atoms with E-state index in [1.54, 1.807) is 0 Å². The Balaban J connectivity index is 1.56. The molecule has 3 aliphatic rings. The highest BCUT2D eigenvalue weighted by Gasteiger charge is 2.46. The minimum absolute atomic E-state index is 0.00590. The van der Waals surface area contributed by atoms with Gasteiger partial charge in [-0.3, -0.25) is 9.69 Å². The average Bonchev–Trinajstić information content (AvgIpc) is 2.52. The second kappa shape index (κ2) is 4.94. The summed E-state index contributed by atoms with van der Waals surface area (Å²) >= 11 is 2.42. The van der Waals surface area contributed by atoms with E-state index in [4.69, 9.17) is 5.26 Å². The average molecular weight is 360 g/mol. The topological polar surface area (TPSA) is 50.6 Å². The van der Waals surface area contributed by atoms with Crippen molar-refractivity contribution in [3.05, 3.63) is 0 Å². The first kappa shape index (κ1) is 12.6. The van der Waals surface area contributed by atoms with E-state index in [0.717, 1.165) is 26.2 Å². The van der Waals surface area contributed by atoms with Crippen LogP contribution in [0, 0.1) is 11.3 Å². The fourth-order valence-corrected chi connectivity index (χ4v) is 4.42. The van der Waals surface area contributed by atoms with Gasteiger partial charge in [-0.05, 0) is 12.8 Å². The number of nitriles is 1. The van der Waals surface area contributed by atoms with Crippen molar-refractivity contribution in [1.82, 2.24) is 12.9 Å². The molecule has 0 saturated carbocycles. The Morgan fingerprint density at radius 1 is 1.17 bits per heavy atom. The lowest BCUT2D eigenvalue weighted by Gasteiger charge is -2.50. The number of nitrogens with zero attached hydrogens (tertiary/aromatic N) is 4. The van der Waals surface area contributed by atoms with Crippen LogP contribution < -0.4 is 0 Å². The minimum atomic E-state index is -0.00590. The Hall–Kier alpha value is -0.390. The van der Waals surface area contributed by atoms with Gasteiger partial charge >= 0.3 is 0 Å². The molecule has 3 heterocycles. The molecule has 0 aliphatic carbocycles. The van der Waals surface area contributed by atoms with E-state index in [-0.39, 0.29) is 12.3 Å². The van der Waals surface area contributed by atoms with Crippen molar-refractivity contribution in [3.63, 3.8) is 0 Å². The van der Waals surface area contributed by atoms with Crippen LogP contribution in [-0.2, 0) is 4.79 Å². The predicted octanol–water partition coefficient (Wildman–Crippen LogP) is 0.609. The van der Waals surface area contributed by atoms with Gasteiger partial charge in [0, 0.05) is 67.2 Å². The minimum Gasteiger partial charge on any atom is -0.339 e. The number of carbonyl (C=O) groups excluding carboxylic acids is 1. The van der Waals surface area contributed by atoms with Gasteiger partial charge in [0.05, 0.1) is 6.07 Å². The standard InChI is InChI=1S/C12H17IN4O/c13-16-7-9-1-2-10(8-16)17(9)11-5-15(6-11)12(18)3-4-14/h9-11H,1-3,5-8H2. The molecule has 5 nitrogen and oxygen atoms in total. The molecular weight excluding hydrogens is 343 g/mol. The van der Waals surface area contributed by atoms with Crippen LogP contribution in [0.4, 0.5) is 0 Å². The fourth-order valence-electron chi connectivity index (χ4n) is 3.51. The highest BCUT2D eigenvalue weighted by Crippen LogP contribution is 2.35. The third-order valence-electron chi connectivity index (χ3n) is 4.36. The zero-order valence-electron chi connectivity index (χ0n) is 10.3. The summed E-state index contributed by atoms with van der Waals surface area (Å²) in [5.74, 6) is -0.00590. The van der Waals surface area contributed by atoms with E-state index in [2.05, 4.69) is 30.9 Å². The third kappa shape index (κ3) is 2.12. The normalized spacial score (nSPS) is 33.2. The van der Waals surface area contributed by atoms with Gasteiger partial charge in [0.1, 0.15) is 6.42 Å². The van der Waals surface area contributed by atoms with Crippen LogP contribution in [0.2, 0.25) is 0 Å². The Morgan fingerprint density at radius 3 is 2.33 bits per heavy atom. The summed E-state index contributed by atoms with van der Waals surface area (Å²) < 4.78 is 2.40. The molecular formula is C12H17IN4O. The number of carbonyl (C=O) groups is 1. The van der Waals surface area contributed by atoms with Crippen molar-refractivity contribution in [2.75, 3.05) is 26.2 Å². The lowest BCUT2D eigenvalue weighted by Crippen LogP contribution is -2.66. The summed E-state index contributed by atoms with van der Waals surface area (Å²) in [5, 5.41) is 8.53. The van der Waals surface area contributed by atoms with E-state index in [1.807, 2.05) is 11.0 Å². The highest BCUT2D eigenvalue weighted by molar-refractivity contribution is 14.1. The largest absolute Gasteiger partial charge is 0.339 e. The SMILES string of the molecule is N#CCC(=O)N1CC(N2C3CCC2CN(I)C3)C1. The van der Waals surface area contributed by atoms with Crippen LogP contribution in [0.3, 0.4) is 0 Å². The van der Waals surface area contributed by atoms with Crippen LogP contribution in [0.1, 0.15) is 19.3 Å². The second-order valence-corrected chi connectivity index (χ2v) is 6.81. The summed E-state index contributed by atoms with van der Waals surface area (Å²) in [4.78, 5) is 16.0. The molecule has 3 saturated heterocycles. The number of halogens is 1. The first-order valence-electron chi connectivity index (χ1n) is 6.52. The quantitative estimate of drug-likeness (QED) is 0.535. The van der Waals surface area contributed by atoms with Gasteiger partial charge in [-0.25, -0.2) is 3.11 Å². The number of rotatable bonds is 2. The summed E-state index contributed by atoms with van der Waals surface area (Å²) in [6, 6.07) is 3.83. The molecule has 0 N–H and O–H groups in total. The van der Waals surface area contributed by atoms with Crippen LogP contribution in [-0.4, -0.2) is 63.1 Å². The fraction of sp³-hybridized carbons (Fsp3) is 0.833. The third-order valence-corrected chi connectivity index (χ3v) is 5.15. The van der Waals surface area contributed by atoms with Crippen LogP contribution >= 0.6 is 22.9 Å². The summed E-state index contributed by atoms with van der Waals surface area (Å²) in [5.41, 5.74) is 0. The number of hydrogen-bond donors (Lipinski definition) is 0. The van der Waals surface area contributed by atoms with E-state index in [0.29, 0.717) is 18.1 Å². The molecule has 18 heavy (non-hydrogen) atoms. The molecule has 6 heteroatoms. The molecule has 98 valence electrons. The molecule has 2 unspecified atom stereocenters. The van der Waals surface area contributed by atoms with Crippen molar-refractivity contribution in [1.29, 1.82) is 5.26 Å². The predicted molar refractivity (Wildman–Crippen MR) is 74.8 cm³/mol. The number of amides is 1. The van der Waals surface area contributed by atoms with Gasteiger partial charge in [-0.1, -0.05) is 0 Å². The van der Waals surface area contributed by atoms with Crippen molar-refractivity contribution < 1.29 is 4.79 Å². The van der Waals surface area contributed by atoms with Gasteiger partial charge in [0.25, 0.3) is 0 Å².